The highest BCUT2D eigenvalue weighted by Gasteiger charge is 2.09. The third kappa shape index (κ3) is 6.95. The van der Waals surface area contributed by atoms with Crippen LogP contribution in [0.2, 0.25) is 0 Å². The van der Waals surface area contributed by atoms with Crippen LogP contribution in [0.25, 0.3) is 0 Å². The molecule has 7 heteroatoms. The second kappa shape index (κ2) is 11.0. The van der Waals surface area contributed by atoms with Crippen molar-refractivity contribution in [1.29, 1.82) is 0 Å². The van der Waals surface area contributed by atoms with Crippen LogP contribution in [0.1, 0.15) is 24.2 Å². The van der Waals surface area contributed by atoms with E-state index in [1.807, 2.05) is 6.92 Å². The van der Waals surface area contributed by atoms with Gasteiger partial charge in [-0.15, -0.1) is 24.0 Å². The van der Waals surface area contributed by atoms with Crippen LogP contribution >= 0.6 is 24.0 Å². The molecule has 0 aliphatic heterocycles. The lowest BCUT2D eigenvalue weighted by molar-refractivity contribution is 0.180. The van der Waals surface area contributed by atoms with Crippen molar-refractivity contribution in [3.8, 4) is 0 Å². The summed E-state index contributed by atoms with van der Waals surface area (Å²) in [4.78, 5) is 4.31. The number of aliphatic hydroxyl groups excluding tert-OH is 1. The van der Waals surface area contributed by atoms with E-state index in [1.54, 1.807) is 18.2 Å². The molecular weight excluding hydrogens is 439 g/mol. The van der Waals surface area contributed by atoms with E-state index in [2.05, 4.69) is 15.6 Å². The summed E-state index contributed by atoms with van der Waals surface area (Å²) in [6.07, 6.45) is -0.803. The predicted molar refractivity (Wildman–Crippen MR) is 106 cm³/mol. The van der Waals surface area contributed by atoms with Gasteiger partial charge in [0.2, 0.25) is 0 Å². The molecule has 0 aliphatic carbocycles. The average Bonchev–Trinajstić information content (AvgIpc) is 2.59. The van der Waals surface area contributed by atoms with Gasteiger partial charge in [-0.1, -0.05) is 30.3 Å². The fourth-order valence-corrected chi connectivity index (χ4v) is 2.13. The lowest BCUT2D eigenvalue weighted by Gasteiger charge is -2.15. The Bertz CT molecular complexity index is 680. The first-order chi connectivity index (χ1) is 11.6. The lowest BCUT2D eigenvalue weighted by Crippen LogP contribution is -2.39. The molecule has 25 heavy (non-hydrogen) atoms. The monoisotopic (exact) mass is 461 g/mol. The van der Waals surface area contributed by atoms with E-state index >= 15 is 0 Å². The molecule has 0 aromatic heterocycles. The summed E-state index contributed by atoms with van der Waals surface area (Å²) < 4.78 is 26.5. The number of benzene rings is 2. The van der Waals surface area contributed by atoms with Crippen LogP contribution in [0.5, 0.6) is 0 Å². The van der Waals surface area contributed by atoms with E-state index in [1.165, 1.54) is 30.3 Å². The van der Waals surface area contributed by atoms with E-state index in [9.17, 15) is 13.9 Å². The maximum absolute atomic E-state index is 13.6. The summed E-state index contributed by atoms with van der Waals surface area (Å²) in [6, 6.07) is 12.1. The average molecular weight is 461 g/mol. The number of hydrogen-bond acceptors (Lipinski definition) is 2. The smallest absolute Gasteiger partial charge is 0.191 e. The standard InChI is InChI=1S/C18H21F2N3O.HI/c1-2-21-18(22-11-14-5-3-4-6-16(14)20)23-12-17(24)13-7-9-15(19)10-8-13;/h3-10,17,24H,2,11-12H2,1H3,(H2,21,22,23);1H. The van der Waals surface area contributed by atoms with Gasteiger partial charge in [0.1, 0.15) is 11.6 Å². The summed E-state index contributed by atoms with van der Waals surface area (Å²) >= 11 is 0. The van der Waals surface area contributed by atoms with Gasteiger partial charge in [-0.2, -0.15) is 0 Å². The van der Waals surface area contributed by atoms with Gasteiger partial charge in [0, 0.05) is 18.7 Å². The first kappa shape index (κ1) is 21.3. The van der Waals surface area contributed by atoms with Crippen LogP contribution in [-0.4, -0.2) is 24.2 Å². The molecule has 0 radical (unpaired) electrons. The molecule has 0 spiro atoms. The second-order valence-corrected chi connectivity index (χ2v) is 5.23. The molecule has 0 fully saturated rings. The van der Waals surface area contributed by atoms with Crippen LogP contribution in [0.3, 0.4) is 0 Å². The number of hydrogen-bond donors (Lipinski definition) is 3. The van der Waals surface area contributed by atoms with Gasteiger partial charge < -0.3 is 15.7 Å². The summed E-state index contributed by atoms with van der Waals surface area (Å²) in [5, 5.41) is 16.2. The van der Waals surface area contributed by atoms with Crippen molar-refractivity contribution in [2.45, 2.75) is 19.6 Å². The highest BCUT2D eigenvalue weighted by molar-refractivity contribution is 14.0. The van der Waals surface area contributed by atoms with Crippen LogP contribution in [0.15, 0.2) is 53.5 Å². The highest BCUT2D eigenvalue weighted by atomic mass is 127. The van der Waals surface area contributed by atoms with Crippen LogP contribution in [0.4, 0.5) is 8.78 Å². The Morgan fingerprint density at radius 2 is 1.76 bits per heavy atom. The SMILES string of the molecule is CCNC(=NCc1ccccc1F)NCC(O)c1ccc(F)cc1.I. The van der Waals surface area contributed by atoms with Crippen LogP contribution < -0.4 is 10.6 Å². The quantitative estimate of drug-likeness (QED) is 0.352. The summed E-state index contributed by atoms with van der Waals surface area (Å²) in [5.74, 6) is -0.177. The number of aliphatic hydroxyl groups is 1. The summed E-state index contributed by atoms with van der Waals surface area (Å²) in [7, 11) is 0. The molecule has 2 aromatic rings. The van der Waals surface area contributed by atoms with Gasteiger partial charge in [0.05, 0.1) is 12.6 Å². The topological polar surface area (TPSA) is 56.7 Å². The minimum absolute atomic E-state index is 0. The molecule has 1 atom stereocenters. The third-order valence-corrected chi connectivity index (χ3v) is 3.43. The normalized spacial score (nSPS) is 12.2. The number of halogens is 3. The maximum Gasteiger partial charge on any atom is 0.191 e. The van der Waals surface area contributed by atoms with Crippen molar-refractivity contribution in [3.63, 3.8) is 0 Å². The maximum atomic E-state index is 13.6. The molecule has 0 amide bonds. The molecule has 2 aromatic carbocycles. The molecule has 0 saturated heterocycles. The van der Waals surface area contributed by atoms with E-state index in [0.29, 0.717) is 23.6 Å². The van der Waals surface area contributed by atoms with Gasteiger partial charge in [-0.3, -0.25) is 0 Å². The van der Waals surface area contributed by atoms with E-state index < -0.39 is 6.10 Å². The van der Waals surface area contributed by atoms with Gasteiger partial charge >= 0.3 is 0 Å². The molecule has 4 nitrogen and oxygen atoms in total. The third-order valence-electron chi connectivity index (χ3n) is 3.43. The fourth-order valence-electron chi connectivity index (χ4n) is 2.13. The number of guanidine groups is 1. The lowest BCUT2D eigenvalue weighted by atomic mass is 10.1. The fraction of sp³-hybridized carbons (Fsp3) is 0.278. The van der Waals surface area contributed by atoms with Gasteiger partial charge in [0.15, 0.2) is 5.96 Å². The minimum atomic E-state index is -0.803. The Morgan fingerprint density at radius 1 is 1.08 bits per heavy atom. The Kier molecular flexibility index (Phi) is 9.36. The second-order valence-electron chi connectivity index (χ2n) is 5.23. The van der Waals surface area contributed by atoms with E-state index in [0.717, 1.165) is 0 Å². The van der Waals surface area contributed by atoms with Crippen molar-refractivity contribution >= 4 is 29.9 Å². The number of nitrogens with zero attached hydrogens (tertiary/aromatic N) is 1. The largest absolute Gasteiger partial charge is 0.387 e. The number of aliphatic imine (C=N–C) groups is 1. The molecule has 3 N–H and O–H groups in total. The minimum Gasteiger partial charge on any atom is -0.387 e. The van der Waals surface area contributed by atoms with Crippen molar-refractivity contribution in [2.24, 2.45) is 4.99 Å². The summed E-state index contributed by atoms with van der Waals surface area (Å²) in [5.41, 5.74) is 1.10. The van der Waals surface area contributed by atoms with Gasteiger partial charge in [-0.25, -0.2) is 13.8 Å². The first-order valence-corrected chi connectivity index (χ1v) is 7.79. The number of nitrogens with one attached hydrogen (secondary N) is 2. The van der Waals surface area contributed by atoms with Gasteiger partial charge in [-0.05, 0) is 30.7 Å². The number of rotatable bonds is 6. The van der Waals surface area contributed by atoms with Crippen molar-refractivity contribution < 1.29 is 13.9 Å². The Hall–Kier alpha value is -1.74. The molecule has 1 unspecified atom stereocenters. The molecule has 0 bridgehead atoms. The Labute approximate surface area is 163 Å². The molecule has 0 heterocycles. The van der Waals surface area contributed by atoms with E-state index in [4.69, 9.17) is 0 Å². The highest BCUT2D eigenvalue weighted by Crippen LogP contribution is 2.12. The Balaban J connectivity index is 0.00000312. The van der Waals surface area contributed by atoms with Gasteiger partial charge in [0.25, 0.3) is 0 Å². The van der Waals surface area contributed by atoms with Crippen molar-refractivity contribution in [2.75, 3.05) is 13.1 Å². The molecule has 136 valence electrons. The Morgan fingerprint density at radius 3 is 2.40 bits per heavy atom. The zero-order valence-corrected chi connectivity index (χ0v) is 16.2. The van der Waals surface area contributed by atoms with Crippen LogP contribution in [-0.2, 0) is 6.54 Å². The van der Waals surface area contributed by atoms with Crippen LogP contribution in [0, 0.1) is 11.6 Å². The van der Waals surface area contributed by atoms with Crippen molar-refractivity contribution in [1.82, 2.24) is 10.6 Å². The molecule has 0 saturated carbocycles. The zero-order valence-electron chi connectivity index (χ0n) is 13.9. The predicted octanol–water partition coefficient (Wildman–Crippen LogP) is 3.37. The molecule has 2 rings (SSSR count). The molecule has 0 aliphatic rings. The molecular formula is C18H22F2IN3O. The van der Waals surface area contributed by atoms with Crippen molar-refractivity contribution in [3.05, 3.63) is 71.3 Å². The first-order valence-electron chi connectivity index (χ1n) is 7.79. The zero-order chi connectivity index (χ0) is 17.4. The summed E-state index contributed by atoms with van der Waals surface area (Å²) in [6.45, 7) is 2.94. The van der Waals surface area contributed by atoms with E-state index in [-0.39, 0.29) is 48.7 Å².